The van der Waals surface area contributed by atoms with E-state index < -0.39 is 0 Å². The summed E-state index contributed by atoms with van der Waals surface area (Å²) in [7, 11) is 0. The van der Waals surface area contributed by atoms with Gasteiger partial charge in [-0.1, -0.05) is 24.3 Å². The Balaban J connectivity index is 1.55. The molecular formula is C18H21NO2S. The van der Waals surface area contributed by atoms with Gasteiger partial charge in [-0.15, -0.1) is 0 Å². The molecule has 4 rings (SSSR count). The van der Waals surface area contributed by atoms with Crippen LogP contribution in [0.1, 0.15) is 35.8 Å². The maximum atomic E-state index is 10.7. The van der Waals surface area contributed by atoms with E-state index in [1.165, 1.54) is 11.1 Å². The molecule has 2 aliphatic rings. The summed E-state index contributed by atoms with van der Waals surface area (Å²) in [4.78, 5) is 2.42. The fourth-order valence-corrected chi connectivity index (χ4v) is 4.48. The lowest BCUT2D eigenvalue weighted by molar-refractivity contribution is -0.103. The molecule has 0 radical (unpaired) electrons. The average Bonchev–Trinajstić information content (AvgIpc) is 3.16. The van der Waals surface area contributed by atoms with E-state index >= 15 is 0 Å². The largest absolute Gasteiger partial charge is 0.387 e. The molecule has 116 valence electrons. The zero-order chi connectivity index (χ0) is 15.1. The highest BCUT2D eigenvalue weighted by Crippen LogP contribution is 2.37. The lowest BCUT2D eigenvalue weighted by Gasteiger charge is -2.41. The lowest BCUT2D eigenvalue weighted by Crippen LogP contribution is -2.49. The standard InChI is InChI=1S/C18H21NO2S/c1-12-9-19(10-17(21-12)14-6-7-22-11-14)16-8-13-4-2-3-5-15(13)18(16)20/h2-7,11-12,16-18,20H,8-10H2,1H3. The number of benzene rings is 1. The Morgan fingerprint density at radius 2 is 2.09 bits per heavy atom. The summed E-state index contributed by atoms with van der Waals surface area (Å²) in [6.07, 6.45) is 0.852. The summed E-state index contributed by atoms with van der Waals surface area (Å²) < 4.78 is 6.12. The number of ether oxygens (including phenoxy) is 1. The maximum absolute atomic E-state index is 10.7. The molecule has 0 bridgehead atoms. The third-order valence-electron chi connectivity index (χ3n) is 4.84. The van der Waals surface area contributed by atoms with Crippen LogP contribution in [0.25, 0.3) is 0 Å². The first kappa shape index (κ1) is 14.4. The Morgan fingerprint density at radius 3 is 2.86 bits per heavy atom. The summed E-state index contributed by atoms with van der Waals surface area (Å²) in [5.74, 6) is 0. The van der Waals surface area contributed by atoms with E-state index in [2.05, 4.69) is 46.8 Å². The topological polar surface area (TPSA) is 32.7 Å². The first-order chi connectivity index (χ1) is 10.7. The molecular weight excluding hydrogens is 294 g/mol. The molecule has 1 aromatic heterocycles. The van der Waals surface area contributed by atoms with E-state index in [-0.39, 0.29) is 24.4 Å². The number of thiophene rings is 1. The fourth-order valence-electron chi connectivity index (χ4n) is 3.78. The van der Waals surface area contributed by atoms with Gasteiger partial charge in [0, 0.05) is 19.1 Å². The van der Waals surface area contributed by atoms with Gasteiger partial charge in [0.15, 0.2) is 0 Å². The van der Waals surface area contributed by atoms with Crippen LogP contribution in [-0.2, 0) is 11.2 Å². The number of rotatable bonds is 2. The number of morpholine rings is 1. The number of aliphatic hydroxyl groups excluding tert-OH is 1. The predicted molar refractivity (Wildman–Crippen MR) is 88.1 cm³/mol. The van der Waals surface area contributed by atoms with Gasteiger partial charge < -0.3 is 9.84 Å². The Bertz CT molecular complexity index is 642. The Labute approximate surface area is 135 Å². The first-order valence-corrected chi connectivity index (χ1v) is 8.84. The smallest absolute Gasteiger partial charge is 0.0964 e. The van der Waals surface area contributed by atoms with Crippen molar-refractivity contribution in [3.05, 3.63) is 57.8 Å². The van der Waals surface area contributed by atoms with E-state index in [4.69, 9.17) is 4.74 Å². The van der Waals surface area contributed by atoms with Gasteiger partial charge in [-0.25, -0.2) is 0 Å². The zero-order valence-electron chi connectivity index (χ0n) is 12.7. The Hall–Kier alpha value is -1.20. The highest BCUT2D eigenvalue weighted by atomic mass is 32.1. The van der Waals surface area contributed by atoms with Gasteiger partial charge in [0.1, 0.15) is 0 Å². The quantitative estimate of drug-likeness (QED) is 0.924. The second kappa shape index (κ2) is 5.78. The first-order valence-electron chi connectivity index (χ1n) is 7.90. The van der Waals surface area contributed by atoms with Crippen LogP contribution < -0.4 is 0 Å². The highest BCUT2D eigenvalue weighted by molar-refractivity contribution is 7.07. The minimum atomic E-state index is -0.385. The monoisotopic (exact) mass is 315 g/mol. The highest BCUT2D eigenvalue weighted by Gasteiger charge is 2.38. The second-order valence-corrected chi connectivity index (χ2v) is 7.14. The van der Waals surface area contributed by atoms with Crippen molar-refractivity contribution in [2.24, 2.45) is 0 Å². The lowest BCUT2D eigenvalue weighted by atomic mass is 10.0. The van der Waals surface area contributed by atoms with Gasteiger partial charge in [-0.05, 0) is 46.9 Å². The van der Waals surface area contributed by atoms with Crippen LogP contribution >= 0.6 is 11.3 Å². The van der Waals surface area contributed by atoms with Crippen molar-refractivity contribution in [3.8, 4) is 0 Å². The molecule has 1 saturated heterocycles. The third kappa shape index (κ3) is 2.50. The molecule has 1 N–H and O–H groups in total. The van der Waals surface area contributed by atoms with Crippen LogP contribution in [0.4, 0.5) is 0 Å². The number of nitrogens with zero attached hydrogens (tertiary/aromatic N) is 1. The summed E-state index contributed by atoms with van der Waals surface area (Å²) in [6.45, 7) is 3.87. The molecule has 4 atom stereocenters. The molecule has 4 unspecified atom stereocenters. The molecule has 4 heteroatoms. The summed E-state index contributed by atoms with van der Waals surface area (Å²) in [5, 5.41) is 15.0. The van der Waals surface area contributed by atoms with E-state index in [1.807, 2.05) is 6.07 Å². The molecule has 1 aliphatic heterocycles. The molecule has 3 nitrogen and oxygen atoms in total. The third-order valence-corrected chi connectivity index (χ3v) is 5.54. The van der Waals surface area contributed by atoms with E-state index in [0.29, 0.717) is 0 Å². The minimum Gasteiger partial charge on any atom is -0.387 e. The normalized spacial score (nSPS) is 32.1. The van der Waals surface area contributed by atoms with Crippen molar-refractivity contribution >= 4 is 11.3 Å². The SMILES string of the molecule is CC1CN(C2Cc3ccccc3C2O)CC(c2ccsc2)O1. The van der Waals surface area contributed by atoms with Crippen LogP contribution in [0.5, 0.6) is 0 Å². The van der Waals surface area contributed by atoms with E-state index in [0.717, 1.165) is 25.1 Å². The van der Waals surface area contributed by atoms with Crippen LogP contribution in [-0.4, -0.2) is 35.2 Å². The van der Waals surface area contributed by atoms with Crippen molar-refractivity contribution in [1.82, 2.24) is 4.90 Å². The summed E-state index contributed by atoms with van der Waals surface area (Å²) in [5.41, 5.74) is 3.64. The van der Waals surface area contributed by atoms with Crippen LogP contribution in [0, 0.1) is 0 Å². The number of aliphatic hydroxyl groups is 1. The van der Waals surface area contributed by atoms with Crippen LogP contribution in [0.2, 0.25) is 0 Å². The molecule has 22 heavy (non-hydrogen) atoms. The number of hydrogen-bond donors (Lipinski definition) is 1. The van der Waals surface area contributed by atoms with Gasteiger partial charge >= 0.3 is 0 Å². The van der Waals surface area contributed by atoms with Crippen molar-refractivity contribution < 1.29 is 9.84 Å². The zero-order valence-corrected chi connectivity index (χ0v) is 13.5. The van der Waals surface area contributed by atoms with E-state index in [1.54, 1.807) is 11.3 Å². The molecule has 0 saturated carbocycles. The van der Waals surface area contributed by atoms with Gasteiger partial charge in [-0.3, -0.25) is 4.90 Å². The van der Waals surface area contributed by atoms with Crippen molar-refractivity contribution in [1.29, 1.82) is 0 Å². The van der Waals surface area contributed by atoms with Crippen LogP contribution in [0.3, 0.4) is 0 Å². The molecule has 1 aliphatic carbocycles. The van der Waals surface area contributed by atoms with Crippen molar-refractivity contribution in [2.45, 2.75) is 37.7 Å². The molecule has 2 heterocycles. The van der Waals surface area contributed by atoms with Gasteiger partial charge in [0.2, 0.25) is 0 Å². The van der Waals surface area contributed by atoms with Crippen molar-refractivity contribution in [2.75, 3.05) is 13.1 Å². The maximum Gasteiger partial charge on any atom is 0.0964 e. The Kier molecular flexibility index (Phi) is 3.78. The number of hydrogen-bond acceptors (Lipinski definition) is 4. The van der Waals surface area contributed by atoms with Gasteiger partial charge in [-0.2, -0.15) is 11.3 Å². The molecule has 2 aromatic rings. The van der Waals surface area contributed by atoms with Gasteiger partial charge in [0.25, 0.3) is 0 Å². The van der Waals surface area contributed by atoms with Crippen LogP contribution in [0.15, 0.2) is 41.1 Å². The molecule has 1 aromatic carbocycles. The fraction of sp³-hybridized carbons (Fsp3) is 0.444. The summed E-state index contributed by atoms with van der Waals surface area (Å²) in [6, 6.07) is 10.6. The second-order valence-electron chi connectivity index (χ2n) is 6.36. The van der Waals surface area contributed by atoms with E-state index in [9.17, 15) is 5.11 Å². The minimum absolute atomic E-state index is 0.117. The average molecular weight is 315 g/mol. The van der Waals surface area contributed by atoms with Gasteiger partial charge in [0.05, 0.1) is 18.3 Å². The molecule has 1 fully saturated rings. The molecule has 0 amide bonds. The molecule has 0 spiro atoms. The number of fused-ring (bicyclic) bond motifs is 1. The Morgan fingerprint density at radius 1 is 1.23 bits per heavy atom. The summed E-state index contributed by atoms with van der Waals surface area (Å²) >= 11 is 1.71. The van der Waals surface area contributed by atoms with Crippen molar-refractivity contribution in [3.63, 3.8) is 0 Å². The predicted octanol–water partition coefficient (Wildman–Crippen LogP) is 3.17.